The second-order valence-corrected chi connectivity index (χ2v) is 6.22. The number of anilines is 1. The Morgan fingerprint density at radius 1 is 1.38 bits per heavy atom. The Balaban J connectivity index is 1.90. The van der Waals surface area contributed by atoms with Gasteiger partial charge in [-0.25, -0.2) is 9.78 Å². The van der Waals surface area contributed by atoms with E-state index in [4.69, 9.17) is 16.3 Å². The van der Waals surface area contributed by atoms with E-state index in [0.717, 1.165) is 17.0 Å². The average Bonchev–Trinajstić information content (AvgIpc) is 3.15. The predicted molar refractivity (Wildman–Crippen MR) is 95.1 cm³/mol. The largest absolute Gasteiger partial charge is 0.450 e. The SMILES string of the molecule is CCOC(=O)Nc1cc(C)nn1-c1nc(-c2ccc(Cl)cc2)cs1. The van der Waals surface area contributed by atoms with Crippen LogP contribution in [0.1, 0.15) is 12.6 Å². The van der Waals surface area contributed by atoms with Crippen molar-refractivity contribution in [2.45, 2.75) is 13.8 Å². The molecule has 1 aromatic carbocycles. The van der Waals surface area contributed by atoms with E-state index in [2.05, 4.69) is 15.4 Å². The number of halogens is 1. The Morgan fingerprint density at radius 3 is 2.83 bits per heavy atom. The molecular formula is C16H15ClN4O2S. The second kappa shape index (κ2) is 7.02. The van der Waals surface area contributed by atoms with Crippen molar-refractivity contribution in [1.29, 1.82) is 0 Å². The molecule has 24 heavy (non-hydrogen) atoms. The molecule has 0 aliphatic rings. The van der Waals surface area contributed by atoms with Crippen molar-refractivity contribution in [2.75, 3.05) is 11.9 Å². The lowest BCUT2D eigenvalue weighted by atomic mass is 10.2. The van der Waals surface area contributed by atoms with Gasteiger partial charge in [0.1, 0.15) is 5.82 Å². The summed E-state index contributed by atoms with van der Waals surface area (Å²) in [5, 5.41) is 10.3. The van der Waals surface area contributed by atoms with Crippen molar-refractivity contribution in [3.8, 4) is 16.4 Å². The molecule has 6 nitrogen and oxygen atoms in total. The van der Waals surface area contributed by atoms with Crippen LogP contribution in [-0.4, -0.2) is 27.5 Å². The molecule has 3 rings (SSSR count). The van der Waals surface area contributed by atoms with Gasteiger partial charge in [0, 0.05) is 22.0 Å². The fourth-order valence-electron chi connectivity index (χ4n) is 2.12. The number of aromatic nitrogens is 3. The number of benzene rings is 1. The fourth-order valence-corrected chi connectivity index (χ4v) is 3.04. The summed E-state index contributed by atoms with van der Waals surface area (Å²) in [4.78, 5) is 16.3. The fraction of sp³-hybridized carbons (Fsp3) is 0.188. The van der Waals surface area contributed by atoms with Crippen molar-refractivity contribution in [2.24, 2.45) is 0 Å². The number of carbonyl (C=O) groups is 1. The first-order valence-electron chi connectivity index (χ1n) is 7.29. The van der Waals surface area contributed by atoms with Crippen LogP contribution < -0.4 is 5.32 Å². The zero-order valence-corrected chi connectivity index (χ0v) is 14.7. The van der Waals surface area contributed by atoms with Crippen LogP contribution in [0.3, 0.4) is 0 Å². The monoisotopic (exact) mass is 362 g/mol. The second-order valence-electron chi connectivity index (χ2n) is 4.95. The molecule has 1 amide bonds. The van der Waals surface area contributed by atoms with Crippen LogP contribution in [0.15, 0.2) is 35.7 Å². The lowest BCUT2D eigenvalue weighted by Gasteiger charge is -2.06. The van der Waals surface area contributed by atoms with E-state index >= 15 is 0 Å². The molecule has 0 fully saturated rings. The van der Waals surface area contributed by atoms with E-state index < -0.39 is 6.09 Å². The first kappa shape index (κ1) is 16.5. The van der Waals surface area contributed by atoms with Crippen molar-refractivity contribution < 1.29 is 9.53 Å². The highest BCUT2D eigenvalue weighted by atomic mass is 35.5. The number of amides is 1. The predicted octanol–water partition coefficient (Wildman–Crippen LogP) is 4.53. The molecule has 0 atom stereocenters. The summed E-state index contributed by atoms with van der Waals surface area (Å²) in [7, 11) is 0. The first-order chi connectivity index (χ1) is 11.6. The van der Waals surface area contributed by atoms with Gasteiger partial charge in [-0.1, -0.05) is 23.7 Å². The smallest absolute Gasteiger partial charge is 0.412 e. The van der Waals surface area contributed by atoms with Crippen LogP contribution in [-0.2, 0) is 4.74 Å². The van der Waals surface area contributed by atoms with Crippen LogP contribution in [0, 0.1) is 6.92 Å². The van der Waals surface area contributed by atoms with Crippen LogP contribution >= 0.6 is 22.9 Å². The van der Waals surface area contributed by atoms with E-state index in [9.17, 15) is 4.79 Å². The van der Waals surface area contributed by atoms with E-state index in [0.29, 0.717) is 22.6 Å². The minimum absolute atomic E-state index is 0.302. The molecule has 0 radical (unpaired) electrons. The van der Waals surface area contributed by atoms with Crippen LogP contribution in [0.25, 0.3) is 16.4 Å². The zero-order chi connectivity index (χ0) is 17.1. The number of carbonyl (C=O) groups excluding carboxylic acids is 1. The van der Waals surface area contributed by atoms with Gasteiger partial charge in [0.05, 0.1) is 18.0 Å². The molecule has 0 bridgehead atoms. The highest BCUT2D eigenvalue weighted by molar-refractivity contribution is 7.12. The van der Waals surface area contributed by atoms with Crippen LogP contribution in [0.4, 0.5) is 10.6 Å². The normalized spacial score (nSPS) is 10.6. The summed E-state index contributed by atoms with van der Waals surface area (Å²) in [6.45, 7) is 3.90. The Labute approximate surface area is 148 Å². The van der Waals surface area contributed by atoms with Gasteiger partial charge >= 0.3 is 6.09 Å². The summed E-state index contributed by atoms with van der Waals surface area (Å²) in [5.41, 5.74) is 2.55. The maximum atomic E-state index is 11.7. The number of aryl methyl sites for hydroxylation is 1. The van der Waals surface area contributed by atoms with Crippen molar-refractivity contribution in [1.82, 2.24) is 14.8 Å². The van der Waals surface area contributed by atoms with E-state index in [1.165, 1.54) is 11.3 Å². The van der Waals surface area contributed by atoms with Crippen molar-refractivity contribution in [3.63, 3.8) is 0 Å². The zero-order valence-electron chi connectivity index (χ0n) is 13.1. The van der Waals surface area contributed by atoms with E-state index in [1.54, 1.807) is 17.7 Å². The molecule has 0 aliphatic heterocycles. The summed E-state index contributed by atoms with van der Waals surface area (Å²) in [5.74, 6) is 0.517. The summed E-state index contributed by atoms with van der Waals surface area (Å²) in [6, 6.07) is 9.23. The number of nitrogens with one attached hydrogen (secondary N) is 1. The number of thiazole rings is 1. The lowest BCUT2D eigenvalue weighted by Crippen LogP contribution is -2.16. The molecule has 0 saturated carbocycles. The lowest BCUT2D eigenvalue weighted by molar-refractivity contribution is 0.167. The van der Waals surface area contributed by atoms with Crippen LogP contribution in [0.2, 0.25) is 5.02 Å². The first-order valence-corrected chi connectivity index (χ1v) is 8.55. The quantitative estimate of drug-likeness (QED) is 0.740. The van der Waals surface area contributed by atoms with Gasteiger partial charge in [-0.2, -0.15) is 9.78 Å². The van der Waals surface area contributed by atoms with Gasteiger partial charge in [-0.05, 0) is 26.0 Å². The van der Waals surface area contributed by atoms with Crippen molar-refractivity contribution >= 4 is 34.8 Å². The van der Waals surface area contributed by atoms with Gasteiger partial charge in [-0.15, -0.1) is 11.3 Å². The third kappa shape index (κ3) is 3.58. The molecule has 124 valence electrons. The molecule has 1 N–H and O–H groups in total. The van der Waals surface area contributed by atoms with Gasteiger partial charge in [0.2, 0.25) is 5.13 Å². The molecule has 8 heteroatoms. The summed E-state index contributed by atoms with van der Waals surface area (Å²) >= 11 is 7.35. The number of rotatable bonds is 4. The van der Waals surface area contributed by atoms with Gasteiger partial charge in [0.15, 0.2) is 0 Å². The molecule has 0 saturated heterocycles. The van der Waals surface area contributed by atoms with Crippen molar-refractivity contribution in [3.05, 3.63) is 46.4 Å². The minimum atomic E-state index is -0.520. The number of nitrogens with zero attached hydrogens (tertiary/aromatic N) is 3. The maximum Gasteiger partial charge on any atom is 0.412 e. The third-order valence-electron chi connectivity index (χ3n) is 3.15. The summed E-state index contributed by atoms with van der Waals surface area (Å²) < 4.78 is 6.50. The van der Waals surface area contributed by atoms with Gasteiger partial charge < -0.3 is 4.74 Å². The Hall–Kier alpha value is -2.38. The van der Waals surface area contributed by atoms with E-state index in [-0.39, 0.29) is 0 Å². The standard InChI is InChI=1S/C16H15ClN4O2S/c1-3-23-16(22)19-14-8-10(2)20-21(14)15-18-13(9-24-15)11-4-6-12(17)7-5-11/h4-9H,3H2,1-2H3,(H,19,22). The molecular weight excluding hydrogens is 348 g/mol. The molecule has 0 spiro atoms. The molecule has 2 aromatic heterocycles. The summed E-state index contributed by atoms with van der Waals surface area (Å²) in [6.07, 6.45) is -0.520. The Morgan fingerprint density at radius 2 is 2.12 bits per heavy atom. The number of hydrogen-bond donors (Lipinski definition) is 1. The van der Waals surface area contributed by atoms with E-state index in [1.807, 2.05) is 36.6 Å². The van der Waals surface area contributed by atoms with Crippen LogP contribution in [0.5, 0.6) is 0 Å². The molecule has 0 aliphatic carbocycles. The van der Waals surface area contributed by atoms with Gasteiger partial charge in [0.25, 0.3) is 0 Å². The van der Waals surface area contributed by atoms with Gasteiger partial charge in [-0.3, -0.25) is 5.32 Å². The molecule has 3 aromatic rings. The Bertz CT molecular complexity index is 857. The maximum absolute atomic E-state index is 11.7. The molecule has 2 heterocycles. The highest BCUT2D eigenvalue weighted by Gasteiger charge is 2.14. The minimum Gasteiger partial charge on any atom is -0.450 e. The Kier molecular flexibility index (Phi) is 4.82. The number of ether oxygens (including phenoxy) is 1. The third-order valence-corrected chi connectivity index (χ3v) is 4.22. The molecule has 0 unspecified atom stereocenters. The average molecular weight is 363 g/mol. The number of hydrogen-bond acceptors (Lipinski definition) is 5. The topological polar surface area (TPSA) is 69.0 Å². The highest BCUT2D eigenvalue weighted by Crippen LogP contribution is 2.27.